The van der Waals surface area contributed by atoms with Gasteiger partial charge in [-0.2, -0.15) is 4.31 Å². The van der Waals surface area contributed by atoms with Crippen LogP contribution in [0, 0.1) is 5.92 Å². The number of hydrogen-bond acceptors (Lipinski definition) is 5. The first-order valence-corrected chi connectivity index (χ1v) is 13.5. The van der Waals surface area contributed by atoms with Crippen molar-refractivity contribution in [2.75, 3.05) is 37.5 Å². The number of ether oxygens (including phenoxy) is 1. The number of nitrogens with one attached hydrogen (secondary N) is 1. The number of rotatable bonds is 9. The van der Waals surface area contributed by atoms with Crippen LogP contribution in [0.1, 0.15) is 37.7 Å². The van der Waals surface area contributed by atoms with Crippen LogP contribution in [0.2, 0.25) is 5.02 Å². The van der Waals surface area contributed by atoms with Gasteiger partial charge in [0.2, 0.25) is 15.9 Å². The smallest absolute Gasteiger partial charge is 0.243 e. The molecule has 2 aliphatic rings. The van der Waals surface area contributed by atoms with Gasteiger partial charge in [-0.3, -0.25) is 4.79 Å². The van der Waals surface area contributed by atoms with E-state index in [2.05, 4.69) is 5.32 Å². The molecule has 1 N–H and O–H groups in total. The maximum atomic E-state index is 13.7. The first-order chi connectivity index (χ1) is 16.2. The first kappa shape index (κ1) is 25.0. The minimum absolute atomic E-state index is 0.0255. The SMILES string of the molecule is CN(C)c1ccc(NC(=O)C2CCC2)cc1CN(C[C@@H]1CCCO1)S(=O)(=O)c1cccc(Cl)c1. The number of benzene rings is 2. The molecule has 1 saturated carbocycles. The van der Waals surface area contributed by atoms with Crippen molar-refractivity contribution in [2.45, 2.75) is 49.6 Å². The molecule has 1 atom stereocenters. The summed E-state index contributed by atoms with van der Waals surface area (Å²) in [6, 6.07) is 12.0. The van der Waals surface area contributed by atoms with E-state index in [0.29, 0.717) is 17.3 Å². The highest BCUT2D eigenvalue weighted by Gasteiger charge is 2.31. The Kier molecular flexibility index (Phi) is 7.82. The maximum Gasteiger partial charge on any atom is 0.243 e. The van der Waals surface area contributed by atoms with Crippen molar-refractivity contribution in [1.29, 1.82) is 0 Å². The Bertz CT molecular complexity index is 1130. The predicted octanol–water partition coefficient (Wildman–Crippen LogP) is 4.51. The predicted molar refractivity (Wildman–Crippen MR) is 135 cm³/mol. The molecule has 184 valence electrons. The van der Waals surface area contributed by atoms with Crippen LogP contribution in [0.25, 0.3) is 0 Å². The number of hydrogen-bond donors (Lipinski definition) is 1. The summed E-state index contributed by atoms with van der Waals surface area (Å²) in [7, 11) is 0.00316. The lowest BCUT2D eigenvalue weighted by atomic mass is 9.85. The maximum absolute atomic E-state index is 13.7. The van der Waals surface area contributed by atoms with E-state index in [1.807, 2.05) is 37.2 Å². The normalized spacial score (nSPS) is 18.6. The molecule has 0 spiro atoms. The van der Waals surface area contributed by atoms with Crippen LogP contribution in [0.5, 0.6) is 0 Å². The van der Waals surface area contributed by atoms with Crippen LogP contribution in [-0.4, -0.2) is 52.0 Å². The lowest BCUT2D eigenvalue weighted by Gasteiger charge is -2.28. The topological polar surface area (TPSA) is 79.0 Å². The second-order valence-electron chi connectivity index (χ2n) is 9.24. The van der Waals surface area contributed by atoms with Gasteiger partial charge in [-0.15, -0.1) is 0 Å². The Morgan fingerprint density at radius 1 is 1.12 bits per heavy atom. The molecular formula is C25H32ClN3O4S. The van der Waals surface area contributed by atoms with Crippen molar-refractivity contribution in [3.05, 3.63) is 53.1 Å². The molecule has 1 saturated heterocycles. The van der Waals surface area contributed by atoms with Gasteiger partial charge < -0.3 is 15.0 Å². The summed E-state index contributed by atoms with van der Waals surface area (Å²) >= 11 is 6.11. The Hall–Kier alpha value is -2.13. The van der Waals surface area contributed by atoms with Gasteiger partial charge in [-0.25, -0.2) is 8.42 Å². The molecule has 4 rings (SSSR count). The van der Waals surface area contributed by atoms with Crippen molar-refractivity contribution >= 4 is 38.9 Å². The average Bonchev–Trinajstić information content (AvgIpc) is 3.25. The highest BCUT2D eigenvalue weighted by molar-refractivity contribution is 7.89. The van der Waals surface area contributed by atoms with Crippen LogP contribution < -0.4 is 10.2 Å². The van der Waals surface area contributed by atoms with E-state index in [9.17, 15) is 13.2 Å². The molecule has 2 aromatic rings. The van der Waals surface area contributed by atoms with E-state index in [0.717, 1.165) is 43.4 Å². The molecule has 2 fully saturated rings. The third-order valence-electron chi connectivity index (χ3n) is 6.52. The number of carbonyl (C=O) groups excluding carboxylic acids is 1. The van der Waals surface area contributed by atoms with E-state index < -0.39 is 10.0 Å². The van der Waals surface area contributed by atoms with E-state index in [4.69, 9.17) is 16.3 Å². The monoisotopic (exact) mass is 505 g/mol. The van der Waals surface area contributed by atoms with Gasteiger partial charge in [-0.1, -0.05) is 24.1 Å². The molecule has 34 heavy (non-hydrogen) atoms. The van der Waals surface area contributed by atoms with Gasteiger partial charge in [0.15, 0.2) is 0 Å². The standard InChI is InChI=1S/C25H32ClN3O4S/c1-28(2)24-12-11-21(27-25(30)18-6-3-7-18)14-19(24)16-29(17-22-9-5-13-33-22)34(31,32)23-10-4-8-20(26)15-23/h4,8,10-12,14-15,18,22H,3,5-7,9,13,16-17H2,1-2H3,(H,27,30)/t22-/m0/s1. The van der Waals surface area contributed by atoms with Gasteiger partial charge in [-0.05, 0) is 67.6 Å². The molecule has 0 aromatic heterocycles. The van der Waals surface area contributed by atoms with E-state index >= 15 is 0 Å². The summed E-state index contributed by atoms with van der Waals surface area (Å²) in [6.07, 6.45) is 4.50. The van der Waals surface area contributed by atoms with E-state index in [1.54, 1.807) is 18.2 Å². The first-order valence-electron chi connectivity index (χ1n) is 11.7. The number of nitrogens with zero attached hydrogens (tertiary/aromatic N) is 2. The number of amides is 1. The minimum Gasteiger partial charge on any atom is -0.377 e. The van der Waals surface area contributed by atoms with Gasteiger partial charge >= 0.3 is 0 Å². The van der Waals surface area contributed by atoms with Crippen LogP contribution in [0.15, 0.2) is 47.4 Å². The molecule has 1 amide bonds. The third-order valence-corrected chi connectivity index (χ3v) is 8.56. The van der Waals surface area contributed by atoms with Gasteiger partial charge in [0.25, 0.3) is 0 Å². The zero-order chi connectivity index (χ0) is 24.3. The Labute approximate surface area is 207 Å². The number of halogens is 1. The van der Waals surface area contributed by atoms with Crippen LogP contribution >= 0.6 is 11.6 Å². The fourth-order valence-corrected chi connectivity index (χ4v) is 6.12. The minimum atomic E-state index is -3.83. The fraction of sp³-hybridized carbons (Fsp3) is 0.480. The summed E-state index contributed by atoms with van der Waals surface area (Å²) in [5, 5.41) is 3.38. The number of carbonyl (C=O) groups is 1. The van der Waals surface area contributed by atoms with Gasteiger partial charge in [0, 0.05) is 56.1 Å². The largest absolute Gasteiger partial charge is 0.377 e. The molecule has 0 bridgehead atoms. The van der Waals surface area contributed by atoms with Crippen molar-refractivity contribution in [3.63, 3.8) is 0 Å². The van der Waals surface area contributed by atoms with Crippen molar-refractivity contribution in [1.82, 2.24) is 4.31 Å². The third kappa shape index (κ3) is 5.74. The van der Waals surface area contributed by atoms with E-state index in [-0.39, 0.29) is 35.9 Å². The van der Waals surface area contributed by atoms with Crippen LogP contribution in [0.3, 0.4) is 0 Å². The van der Waals surface area contributed by atoms with Crippen LogP contribution in [0.4, 0.5) is 11.4 Å². The molecule has 0 radical (unpaired) electrons. The highest BCUT2D eigenvalue weighted by Crippen LogP contribution is 2.31. The lowest BCUT2D eigenvalue weighted by molar-refractivity contribution is -0.122. The second kappa shape index (κ2) is 10.6. The Balaban J connectivity index is 1.66. The Morgan fingerprint density at radius 3 is 2.53 bits per heavy atom. The molecule has 1 aliphatic heterocycles. The molecule has 0 unspecified atom stereocenters. The quantitative estimate of drug-likeness (QED) is 0.542. The highest BCUT2D eigenvalue weighted by atomic mass is 35.5. The second-order valence-corrected chi connectivity index (χ2v) is 11.6. The molecule has 2 aromatic carbocycles. The van der Waals surface area contributed by atoms with Crippen molar-refractivity contribution < 1.29 is 17.9 Å². The average molecular weight is 506 g/mol. The molecule has 1 aliphatic carbocycles. The summed E-state index contributed by atoms with van der Waals surface area (Å²) < 4.78 is 34.6. The van der Waals surface area contributed by atoms with Crippen molar-refractivity contribution in [3.8, 4) is 0 Å². The Morgan fingerprint density at radius 2 is 1.91 bits per heavy atom. The van der Waals surface area contributed by atoms with Crippen molar-refractivity contribution in [2.24, 2.45) is 5.92 Å². The molecule has 7 nitrogen and oxygen atoms in total. The summed E-state index contributed by atoms with van der Waals surface area (Å²) in [5.74, 6) is 0.0914. The summed E-state index contributed by atoms with van der Waals surface area (Å²) in [5.41, 5.74) is 2.37. The zero-order valence-corrected chi connectivity index (χ0v) is 21.2. The summed E-state index contributed by atoms with van der Waals surface area (Å²) in [6.45, 7) is 1.04. The molecule has 9 heteroatoms. The zero-order valence-electron chi connectivity index (χ0n) is 19.7. The van der Waals surface area contributed by atoms with Gasteiger partial charge in [0.05, 0.1) is 11.0 Å². The summed E-state index contributed by atoms with van der Waals surface area (Å²) in [4.78, 5) is 14.6. The fourth-order valence-electron chi connectivity index (χ4n) is 4.37. The number of anilines is 2. The lowest BCUT2D eigenvalue weighted by Crippen LogP contribution is -2.37. The number of sulfonamides is 1. The van der Waals surface area contributed by atoms with Gasteiger partial charge in [0.1, 0.15) is 0 Å². The van der Waals surface area contributed by atoms with Crippen LogP contribution in [-0.2, 0) is 26.1 Å². The molecule has 1 heterocycles. The van der Waals surface area contributed by atoms with E-state index in [1.165, 1.54) is 10.4 Å². The molecular weight excluding hydrogens is 474 g/mol.